The van der Waals surface area contributed by atoms with E-state index in [-0.39, 0.29) is 27.1 Å². The first-order chi connectivity index (χ1) is 28.6. The highest BCUT2D eigenvalue weighted by molar-refractivity contribution is 6.41. The molecule has 2 heteroatoms. The molecule has 1 heterocycles. The fraction of sp³-hybridized carbons (Fsp3) is 0.390. The smallest absolute Gasteiger partial charge is 0.117 e. The number of aryl methyl sites for hydroxylation is 1. The molecule has 4 aliphatic rings. The number of fused-ring (bicyclic) bond motifs is 10. The van der Waals surface area contributed by atoms with E-state index < -0.39 is 0 Å². The first-order valence-corrected chi connectivity index (χ1v) is 22.7. The highest BCUT2D eigenvalue weighted by Crippen LogP contribution is 2.55. The van der Waals surface area contributed by atoms with Gasteiger partial charge in [-0.3, -0.25) is 0 Å². The van der Waals surface area contributed by atoms with E-state index in [1.165, 1.54) is 66.8 Å². The molecular weight excluding hydrogens is 733 g/mol. The summed E-state index contributed by atoms with van der Waals surface area (Å²) in [4.78, 5) is 2.43. The van der Waals surface area contributed by atoms with Crippen LogP contribution in [-0.2, 0) is 33.5 Å². The van der Waals surface area contributed by atoms with E-state index >= 15 is 0 Å². The highest BCUT2D eigenvalue weighted by Gasteiger charge is 2.42. The maximum absolute atomic E-state index is 7.82. The molecule has 1 nitrogen and oxygen atoms in total. The molecule has 0 fully saturated rings. The van der Waals surface area contributed by atoms with Crippen LogP contribution in [0.5, 0.6) is 0 Å². The van der Waals surface area contributed by atoms with Crippen LogP contribution in [0.4, 0.5) is 11.4 Å². The zero-order valence-corrected chi connectivity index (χ0v) is 39.2. The van der Waals surface area contributed by atoms with Crippen molar-refractivity contribution in [3.8, 4) is 34.6 Å². The lowest BCUT2D eigenvalue weighted by Crippen LogP contribution is -2.35. The molecule has 3 aliphatic carbocycles. The number of benzene rings is 5. The van der Waals surface area contributed by atoms with E-state index in [4.69, 9.17) is 14.3 Å². The van der Waals surface area contributed by atoms with Crippen LogP contribution in [0.3, 0.4) is 0 Å². The monoisotopic (exact) mass is 798 g/mol. The summed E-state index contributed by atoms with van der Waals surface area (Å²) >= 11 is 0. The molecule has 2 radical (unpaired) electrons. The summed E-state index contributed by atoms with van der Waals surface area (Å²) in [5, 5.41) is 0. The predicted octanol–water partition coefficient (Wildman–Crippen LogP) is 14.6. The van der Waals surface area contributed by atoms with Gasteiger partial charge in [-0.1, -0.05) is 142 Å². The summed E-state index contributed by atoms with van der Waals surface area (Å²) < 4.78 is 0. The van der Waals surface area contributed by atoms with Crippen LogP contribution in [0, 0.1) is 19.3 Å². The Bertz CT molecular complexity index is 2800. The summed E-state index contributed by atoms with van der Waals surface area (Å²) in [6, 6.07) is 30.2. The second kappa shape index (κ2) is 13.8. The third-order valence-electron chi connectivity index (χ3n) is 15.5. The number of anilines is 2. The van der Waals surface area contributed by atoms with Gasteiger partial charge in [0, 0.05) is 23.4 Å². The van der Waals surface area contributed by atoms with Gasteiger partial charge in [-0.2, -0.15) is 0 Å². The van der Waals surface area contributed by atoms with Gasteiger partial charge in [0.1, 0.15) is 13.5 Å². The van der Waals surface area contributed by atoms with Crippen molar-refractivity contribution in [2.24, 2.45) is 0 Å². The van der Waals surface area contributed by atoms with Gasteiger partial charge in [0.2, 0.25) is 0 Å². The Hall–Kier alpha value is -5.00. The molecular formula is C59H64BN. The van der Waals surface area contributed by atoms with Gasteiger partial charge in [0.15, 0.2) is 0 Å². The van der Waals surface area contributed by atoms with Crippen LogP contribution in [0.1, 0.15) is 164 Å². The van der Waals surface area contributed by atoms with Crippen LogP contribution >= 0.6 is 0 Å². The third-order valence-corrected chi connectivity index (χ3v) is 15.5. The largest absolute Gasteiger partial charge is 0.303 e. The molecule has 0 aromatic heterocycles. The van der Waals surface area contributed by atoms with Gasteiger partial charge in [-0.25, -0.2) is 0 Å². The quantitative estimate of drug-likeness (QED) is 0.127. The second-order valence-electron chi connectivity index (χ2n) is 22.6. The molecule has 0 saturated heterocycles. The first kappa shape index (κ1) is 41.4. The SMILES string of the molecule is [B]c1c2cc3c(c1N(c1cc4c(cc1C)C(C)(C)CCC4(C)C)/C(C#C)=C(/C=C(\C)c1ccccc1C(C)(C)C)c1cc4c(cc1-2)C(C)(C)CCC4(C)C)Cc1ccccc1-3. The maximum atomic E-state index is 7.82. The Morgan fingerprint density at radius 1 is 0.672 bits per heavy atom. The predicted molar refractivity (Wildman–Crippen MR) is 264 cm³/mol. The van der Waals surface area contributed by atoms with Crippen molar-refractivity contribution in [2.45, 2.75) is 149 Å². The summed E-state index contributed by atoms with van der Waals surface area (Å²) in [6.45, 7) is 30.8. The van der Waals surface area contributed by atoms with Gasteiger partial charge in [-0.15, -0.1) is 6.42 Å². The topological polar surface area (TPSA) is 3.24 Å². The zero-order valence-electron chi connectivity index (χ0n) is 39.2. The van der Waals surface area contributed by atoms with Crippen LogP contribution in [-0.4, -0.2) is 7.85 Å². The first-order valence-electron chi connectivity index (χ1n) is 22.7. The van der Waals surface area contributed by atoms with Gasteiger partial charge in [0.25, 0.3) is 0 Å². The zero-order chi connectivity index (χ0) is 43.8. The van der Waals surface area contributed by atoms with Crippen LogP contribution in [0.15, 0.2) is 90.6 Å². The second-order valence-corrected chi connectivity index (χ2v) is 22.6. The molecule has 308 valence electrons. The van der Waals surface area contributed by atoms with Gasteiger partial charge >= 0.3 is 0 Å². The van der Waals surface area contributed by atoms with Crippen molar-refractivity contribution in [2.75, 3.05) is 4.90 Å². The van der Waals surface area contributed by atoms with Crippen molar-refractivity contribution in [1.29, 1.82) is 0 Å². The number of hydrogen-bond acceptors (Lipinski definition) is 1. The fourth-order valence-electron chi connectivity index (χ4n) is 11.4. The molecule has 0 unspecified atom stereocenters. The fourth-order valence-corrected chi connectivity index (χ4v) is 11.4. The Labute approximate surface area is 369 Å². The van der Waals surface area contributed by atoms with E-state index in [1.807, 2.05) is 0 Å². The lowest BCUT2D eigenvalue weighted by Gasteiger charge is -2.44. The number of allylic oxidation sites excluding steroid dienone is 4. The maximum Gasteiger partial charge on any atom is 0.117 e. The van der Waals surface area contributed by atoms with Gasteiger partial charge in [0.05, 0.1) is 0 Å². The Morgan fingerprint density at radius 2 is 1.21 bits per heavy atom. The number of nitrogens with zero attached hydrogens (tertiary/aromatic N) is 1. The van der Waals surface area contributed by atoms with E-state index in [1.54, 1.807) is 0 Å². The molecule has 61 heavy (non-hydrogen) atoms. The lowest BCUT2D eigenvalue weighted by atomic mass is 9.61. The normalized spacial score (nSPS) is 20.3. The average Bonchev–Trinajstić information content (AvgIpc) is 3.57. The van der Waals surface area contributed by atoms with Gasteiger partial charge in [-0.05, 0) is 180 Å². The summed E-state index contributed by atoms with van der Waals surface area (Å²) in [5.41, 5.74) is 24.0. The molecule has 0 saturated carbocycles. The van der Waals surface area contributed by atoms with Crippen LogP contribution in [0.2, 0.25) is 0 Å². The van der Waals surface area contributed by atoms with Crippen LogP contribution < -0.4 is 10.4 Å². The molecule has 0 amide bonds. The molecule has 1 aliphatic heterocycles. The van der Waals surface area contributed by atoms with Crippen molar-refractivity contribution < 1.29 is 0 Å². The molecule has 9 rings (SSSR count). The van der Waals surface area contributed by atoms with Crippen molar-refractivity contribution >= 4 is 35.8 Å². The highest BCUT2D eigenvalue weighted by atomic mass is 15.2. The van der Waals surface area contributed by atoms with E-state index in [2.05, 4.69) is 186 Å². The summed E-state index contributed by atoms with van der Waals surface area (Å²) in [7, 11) is 7.82. The Balaban J connectivity index is 1.48. The average molecular weight is 798 g/mol. The third kappa shape index (κ3) is 6.43. The molecule has 5 aromatic carbocycles. The lowest BCUT2D eigenvalue weighted by molar-refractivity contribution is 0.332. The van der Waals surface area contributed by atoms with Crippen molar-refractivity contribution in [3.63, 3.8) is 0 Å². The molecule has 0 N–H and O–H groups in total. The van der Waals surface area contributed by atoms with Crippen molar-refractivity contribution in [1.82, 2.24) is 0 Å². The summed E-state index contributed by atoms with van der Waals surface area (Å²) in [6.07, 6.45) is 14.8. The Morgan fingerprint density at radius 3 is 1.82 bits per heavy atom. The molecule has 0 atom stereocenters. The molecule has 5 aromatic rings. The van der Waals surface area contributed by atoms with E-state index in [0.29, 0.717) is 0 Å². The standard InChI is InChI=1S/C59H64BN/c1-15-51-43(28-35(2)38-21-18-19-23-46(38)55(4,5)6)41-32-48-49(58(11,12)26-25-57(48,9)10)33-42(41)44-31-40-39-22-17-16-20-37(39)30-45(40)54(53(44)60)61(51)52-34-50-47(29-36(52)3)56(7,8)24-27-59(50,13)14/h1,16-23,28-29,31-34H,24-27,30H2,2-14H3/b35-28+,51-43-. The minimum atomic E-state index is -0.0448. The van der Waals surface area contributed by atoms with Crippen molar-refractivity contribution in [3.05, 3.63) is 146 Å². The summed E-state index contributed by atoms with van der Waals surface area (Å²) in [5.74, 6) is 3.43. The number of terminal acetylenes is 1. The number of hydrogen-bond donors (Lipinski definition) is 0. The molecule has 0 spiro atoms. The van der Waals surface area contributed by atoms with E-state index in [9.17, 15) is 0 Å². The van der Waals surface area contributed by atoms with Crippen LogP contribution in [0.25, 0.3) is 33.4 Å². The number of rotatable bonds is 3. The van der Waals surface area contributed by atoms with Gasteiger partial charge < -0.3 is 4.90 Å². The molecule has 2 bridgehead atoms. The van der Waals surface area contributed by atoms with E-state index in [0.717, 1.165) is 76.9 Å². The Kier molecular flexibility index (Phi) is 9.33. The minimum Gasteiger partial charge on any atom is -0.303 e. The minimum absolute atomic E-state index is 0.00166.